The van der Waals surface area contributed by atoms with E-state index in [1.54, 1.807) is 28.9 Å². The second-order valence-electron chi connectivity index (χ2n) is 6.01. The number of aryl methyl sites for hydroxylation is 1. The Labute approximate surface area is 150 Å². The molecule has 1 aliphatic rings. The Kier molecular flexibility index (Phi) is 4.71. The van der Waals surface area contributed by atoms with Gasteiger partial charge in [-0.25, -0.2) is 0 Å². The van der Waals surface area contributed by atoms with E-state index in [0.29, 0.717) is 18.7 Å². The zero-order valence-corrected chi connectivity index (χ0v) is 15.3. The van der Waals surface area contributed by atoms with Gasteiger partial charge >= 0.3 is 0 Å². The summed E-state index contributed by atoms with van der Waals surface area (Å²) < 4.78 is 0.924. The first-order valence-electron chi connectivity index (χ1n) is 7.92. The van der Waals surface area contributed by atoms with Gasteiger partial charge in [0.15, 0.2) is 0 Å². The molecule has 0 aliphatic carbocycles. The lowest BCUT2D eigenvalue weighted by atomic mass is 10.1. The Morgan fingerprint density at radius 3 is 2.50 bits per heavy atom. The molecule has 0 spiro atoms. The highest BCUT2D eigenvalue weighted by atomic mass is 79.9. The first kappa shape index (κ1) is 16.7. The molecule has 0 bridgehead atoms. The van der Waals surface area contributed by atoms with E-state index in [9.17, 15) is 9.59 Å². The molecule has 1 aliphatic heterocycles. The van der Waals surface area contributed by atoms with Crippen LogP contribution in [0, 0.1) is 6.92 Å². The minimum Gasteiger partial charge on any atom is -0.325 e. The molecule has 2 aromatic carbocycles. The highest BCUT2D eigenvalue weighted by Crippen LogP contribution is 2.23. The smallest absolute Gasteiger partial charge is 0.254 e. The lowest BCUT2D eigenvalue weighted by Gasteiger charge is -2.39. The number of hydrogen-bond acceptors (Lipinski definition) is 2. The molecule has 4 nitrogen and oxygen atoms in total. The van der Waals surface area contributed by atoms with Crippen molar-refractivity contribution >= 4 is 33.4 Å². The summed E-state index contributed by atoms with van der Waals surface area (Å²) in [4.78, 5) is 28.9. The van der Waals surface area contributed by atoms with E-state index in [4.69, 9.17) is 0 Å². The summed E-state index contributed by atoms with van der Waals surface area (Å²) in [6.07, 6.45) is 0. The average Bonchev–Trinajstić information content (AvgIpc) is 2.57. The van der Waals surface area contributed by atoms with Crippen molar-refractivity contribution in [3.63, 3.8) is 0 Å². The molecule has 5 heteroatoms. The number of halogens is 1. The minimum absolute atomic E-state index is 0.0442. The SMILES string of the molecule is Cc1cccc(N2CCN(C(=O)c3ccc(Br)cc3)C(C)C2=O)c1. The summed E-state index contributed by atoms with van der Waals surface area (Å²) in [5, 5.41) is 0. The van der Waals surface area contributed by atoms with E-state index in [2.05, 4.69) is 15.9 Å². The van der Waals surface area contributed by atoms with Gasteiger partial charge in [0, 0.05) is 28.8 Å². The molecule has 0 aromatic heterocycles. The zero-order chi connectivity index (χ0) is 17.3. The van der Waals surface area contributed by atoms with Crippen molar-refractivity contribution in [1.29, 1.82) is 0 Å². The van der Waals surface area contributed by atoms with Crippen LogP contribution in [0.15, 0.2) is 53.0 Å². The molecule has 1 heterocycles. The second-order valence-corrected chi connectivity index (χ2v) is 6.93. The van der Waals surface area contributed by atoms with E-state index in [1.807, 2.05) is 43.3 Å². The van der Waals surface area contributed by atoms with Gasteiger partial charge in [-0.05, 0) is 55.8 Å². The number of nitrogens with zero attached hydrogens (tertiary/aromatic N) is 2. The monoisotopic (exact) mass is 386 g/mol. The van der Waals surface area contributed by atoms with Crippen molar-refractivity contribution in [3.05, 3.63) is 64.1 Å². The topological polar surface area (TPSA) is 40.6 Å². The van der Waals surface area contributed by atoms with Crippen molar-refractivity contribution in [3.8, 4) is 0 Å². The van der Waals surface area contributed by atoms with Crippen LogP contribution in [-0.2, 0) is 4.79 Å². The summed E-state index contributed by atoms with van der Waals surface area (Å²) in [7, 11) is 0. The fourth-order valence-corrected chi connectivity index (χ4v) is 3.22. The summed E-state index contributed by atoms with van der Waals surface area (Å²) in [6, 6.07) is 14.6. The van der Waals surface area contributed by atoms with Crippen molar-refractivity contribution in [2.75, 3.05) is 18.0 Å². The Hall–Kier alpha value is -2.14. The number of hydrogen-bond donors (Lipinski definition) is 0. The van der Waals surface area contributed by atoms with Gasteiger partial charge in [-0.2, -0.15) is 0 Å². The molecule has 24 heavy (non-hydrogen) atoms. The van der Waals surface area contributed by atoms with E-state index in [-0.39, 0.29) is 11.8 Å². The number of benzene rings is 2. The van der Waals surface area contributed by atoms with Crippen LogP contribution in [-0.4, -0.2) is 35.8 Å². The maximum Gasteiger partial charge on any atom is 0.254 e. The highest BCUT2D eigenvalue weighted by Gasteiger charge is 2.35. The lowest BCUT2D eigenvalue weighted by molar-refractivity contribution is -0.124. The van der Waals surface area contributed by atoms with Crippen LogP contribution in [0.4, 0.5) is 5.69 Å². The Balaban J connectivity index is 1.79. The van der Waals surface area contributed by atoms with Crippen LogP contribution in [0.5, 0.6) is 0 Å². The first-order valence-corrected chi connectivity index (χ1v) is 8.71. The van der Waals surface area contributed by atoms with Crippen LogP contribution < -0.4 is 4.90 Å². The van der Waals surface area contributed by atoms with Crippen molar-refractivity contribution in [2.24, 2.45) is 0 Å². The number of carbonyl (C=O) groups is 2. The maximum atomic E-state index is 12.8. The summed E-state index contributed by atoms with van der Waals surface area (Å²) in [5.74, 6) is -0.149. The zero-order valence-electron chi connectivity index (χ0n) is 13.7. The summed E-state index contributed by atoms with van der Waals surface area (Å²) in [5.41, 5.74) is 2.60. The van der Waals surface area contributed by atoms with E-state index >= 15 is 0 Å². The quantitative estimate of drug-likeness (QED) is 0.790. The Morgan fingerprint density at radius 1 is 1.12 bits per heavy atom. The third-order valence-corrected chi connectivity index (χ3v) is 4.85. The predicted molar refractivity (Wildman–Crippen MR) is 98.2 cm³/mol. The van der Waals surface area contributed by atoms with Gasteiger partial charge in [-0.1, -0.05) is 28.1 Å². The van der Waals surface area contributed by atoms with Gasteiger partial charge in [-0.15, -0.1) is 0 Å². The molecule has 3 rings (SSSR count). The van der Waals surface area contributed by atoms with Crippen LogP contribution in [0.3, 0.4) is 0 Å². The van der Waals surface area contributed by atoms with Crippen LogP contribution in [0.2, 0.25) is 0 Å². The molecule has 0 radical (unpaired) electrons. The largest absolute Gasteiger partial charge is 0.325 e. The molecule has 0 N–H and O–H groups in total. The number of carbonyl (C=O) groups excluding carboxylic acids is 2. The number of anilines is 1. The maximum absolute atomic E-state index is 12.8. The molecule has 2 amide bonds. The van der Waals surface area contributed by atoms with Gasteiger partial charge in [-0.3, -0.25) is 9.59 Å². The second kappa shape index (κ2) is 6.77. The molecular weight excluding hydrogens is 368 g/mol. The van der Waals surface area contributed by atoms with Gasteiger partial charge in [0.2, 0.25) is 5.91 Å². The third-order valence-electron chi connectivity index (χ3n) is 4.32. The van der Waals surface area contributed by atoms with Crippen LogP contribution >= 0.6 is 15.9 Å². The molecule has 1 atom stereocenters. The minimum atomic E-state index is -0.476. The Bertz CT molecular complexity index is 773. The standard InChI is InChI=1S/C19H19BrN2O2/c1-13-4-3-5-17(12-13)22-11-10-21(14(2)18(22)23)19(24)15-6-8-16(20)9-7-15/h3-9,12,14H,10-11H2,1-2H3. The number of rotatable bonds is 2. The summed E-state index contributed by atoms with van der Waals surface area (Å²) >= 11 is 3.37. The van der Waals surface area contributed by atoms with E-state index in [1.165, 1.54) is 0 Å². The molecule has 1 saturated heterocycles. The van der Waals surface area contributed by atoms with Crippen molar-refractivity contribution < 1.29 is 9.59 Å². The number of amides is 2. The van der Waals surface area contributed by atoms with Crippen molar-refractivity contribution in [1.82, 2.24) is 4.90 Å². The van der Waals surface area contributed by atoms with E-state index in [0.717, 1.165) is 15.7 Å². The fraction of sp³-hybridized carbons (Fsp3) is 0.263. The van der Waals surface area contributed by atoms with Gasteiger partial charge in [0.05, 0.1) is 0 Å². The first-order chi connectivity index (χ1) is 11.5. The van der Waals surface area contributed by atoms with Gasteiger partial charge < -0.3 is 9.80 Å². The normalized spacial score (nSPS) is 18.0. The molecule has 124 valence electrons. The number of piperazine rings is 1. The van der Waals surface area contributed by atoms with Crippen molar-refractivity contribution in [2.45, 2.75) is 19.9 Å². The van der Waals surface area contributed by atoms with Gasteiger partial charge in [0.1, 0.15) is 6.04 Å². The van der Waals surface area contributed by atoms with Crippen LogP contribution in [0.25, 0.3) is 0 Å². The molecule has 2 aromatic rings. The molecule has 0 saturated carbocycles. The molecular formula is C19H19BrN2O2. The third kappa shape index (κ3) is 3.22. The lowest BCUT2D eigenvalue weighted by Crippen LogP contribution is -2.57. The molecule has 1 unspecified atom stereocenters. The molecule has 1 fully saturated rings. The van der Waals surface area contributed by atoms with Gasteiger partial charge in [0.25, 0.3) is 5.91 Å². The predicted octanol–water partition coefficient (Wildman–Crippen LogP) is 3.64. The highest BCUT2D eigenvalue weighted by molar-refractivity contribution is 9.10. The summed E-state index contributed by atoms with van der Waals surface area (Å²) in [6.45, 7) is 4.83. The fourth-order valence-electron chi connectivity index (χ4n) is 2.96. The van der Waals surface area contributed by atoms with E-state index < -0.39 is 6.04 Å². The Morgan fingerprint density at radius 2 is 1.83 bits per heavy atom. The average molecular weight is 387 g/mol. The van der Waals surface area contributed by atoms with Crippen LogP contribution in [0.1, 0.15) is 22.8 Å².